The summed E-state index contributed by atoms with van der Waals surface area (Å²) >= 11 is 0. The monoisotopic (exact) mass is 109 g/mol. The zero-order valence-corrected chi connectivity index (χ0v) is 3.96. The van der Waals surface area contributed by atoms with E-state index >= 15 is 0 Å². The Bertz CT molecular complexity index is 221. The quantitative estimate of drug-likeness (QED) is 0.537. The Hall–Kier alpha value is -1.43. The number of rotatable bonds is 0. The van der Waals surface area contributed by atoms with Crippen LogP contribution in [-0.2, 0) is 0 Å². The molecule has 1 aromatic rings. The molecule has 0 saturated heterocycles. The van der Waals surface area contributed by atoms with E-state index in [1.807, 2.05) is 0 Å². The number of hydrogen-bond acceptors (Lipinski definition) is 3. The first-order valence-corrected chi connectivity index (χ1v) is 2.00. The van der Waals surface area contributed by atoms with Crippen LogP contribution in [0.5, 0.6) is 5.95 Å². The highest BCUT2D eigenvalue weighted by molar-refractivity contribution is 5.27. The predicted octanol–water partition coefficient (Wildman–Crippen LogP) is 0.857. The second kappa shape index (κ2) is 1.58. The van der Waals surface area contributed by atoms with Gasteiger partial charge in [-0.3, -0.25) is 0 Å². The highest BCUT2D eigenvalue weighted by atomic mass is 16.5. The van der Waals surface area contributed by atoms with Crippen LogP contribution in [0.4, 0.5) is 0 Å². The Morgan fingerprint density at radius 3 is 2.75 bits per heavy atom. The van der Waals surface area contributed by atoms with Crippen molar-refractivity contribution in [2.45, 2.75) is 0 Å². The molecule has 1 aromatic heterocycles. The average Bonchev–Trinajstić information content (AvgIpc) is 2.14. The Balaban J connectivity index is 3.05. The summed E-state index contributed by atoms with van der Waals surface area (Å²) in [7, 11) is 0. The molecule has 1 heterocycles. The van der Waals surface area contributed by atoms with Gasteiger partial charge in [-0.05, 0) is 0 Å². The normalized spacial score (nSPS) is 8.38. The van der Waals surface area contributed by atoms with Crippen molar-refractivity contribution in [3.8, 4) is 12.0 Å². The fourth-order valence-corrected chi connectivity index (χ4v) is 0.384. The zero-order valence-electron chi connectivity index (χ0n) is 3.96. The van der Waals surface area contributed by atoms with Gasteiger partial charge in [0, 0.05) is 6.07 Å². The number of hydrogen-bond donors (Lipinski definition) is 1. The minimum atomic E-state index is -0.221. The number of furan rings is 1. The lowest BCUT2D eigenvalue weighted by Crippen LogP contribution is -1.55. The molecule has 0 spiro atoms. The molecule has 0 aromatic carbocycles. The van der Waals surface area contributed by atoms with Crippen molar-refractivity contribution in [2.75, 3.05) is 0 Å². The molecule has 0 aliphatic heterocycles. The first-order chi connectivity index (χ1) is 3.83. The van der Waals surface area contributed by atoms with Gasteiger partial charge in [-0.2, -0.15) is 5.26 Å². The Morgan fingerprint density at radius 2 is 2.50 bits per heavy atom. The molecule has 0 unspecified atom stereocenters. The van der Waals surface area contributed by atoms with E-state index in [-0.39, 0.29) is 5.95 Å². The van der Waals surface area contributed by atoms with Crippen LogP contribution in [0.25, 0.3) is 0 Å². The standard InChI is InChI=1S/C5H3NO2/c6-2-4-1-5(7)8-3-4/h1,3,7H. The van der Waals surface area contributed by atoms with Gasteiger partial charge < -0.3 is 9.52 Å². The summed E-state index contributed by atoms with van der Waals surface area (Å²) in [6.45, 7) is 0. The molecule has 8 heavy (non-hydrogen) atoms. The van der Waals surface area contributed by atoms with E-state index in [1.54, 1.807) is 6.07 Å². The molecule has 3 heteroatoms. The van der Waals surface area contributed by atoms with Gasteiger partial charge in [0.1, 0.15) is 12.3 Å². The fourth-order valence-electron chi connectivity index (χ4n) is 0.384. The van der Waals surface area contributed by atoms with Crippen LogP contribution in [0, 0.1) is 11.3 Å². The molecule has 1 N–H and O–H groups in total. The summed E-state index contributed by atoms with van der Waals surface area (Å²) in [4.78, 5) is 0. The lowest BCUT2D eigenvalue weighted by molar-refractivity contribution is 0.332. The average molecular weight is 109 g/mol. The van der Waals surface area contributed by atoms with Crippen molar-refractivity contribution in [1.82, 2.24) is 0 Å². The van der Waals surface area contributed by atoms with Crippen molar-refractivity contribution in [1.29, 1.82) is 5.26 Å². The topological polar surface area (TPSA) is 57.2 Å². The van der Waals surface area contributed by atoms with Crippen LogP contribution < -0.4 is 0 Å². The molecule has 0 amide bonds. The molecule has 0 radical (unpaired) electrons. The largest absolute Gasteiger partial charge is 0.481 e. The van der Waals surface area contributed by atoms with Crippen molar-refractivity contribution < 1.29 is 9.52 Å². The van der Waals surface area contributed by atoms with E-state index in [0.29, 0.717) is 5.56 Å². The van der Waals surface area contributed by atoms with Crippen LogP contribution in [0.3, 0.4) is 0 Å². The molecule has 0 atom stereocenters. The first-order valence-electron chi connectivity index (χ1n) is 2.00. The smallest absolute Gasteiger partial charge is 0.283 e. The minimum absolute atomic E-state index is 0.221. The van der Waals surface area contributed by atoms with E-state index in [1.165, 1.54) is 12.3 Å². The van der Waals surface area contributed by atoms with Crippen LogP contribution in [0.2, 0.25) is 0 Å². The summed E-state index contributed by atoms with van der Waals surface area (Å²) in [5.74, 6) is -0.221. The third-order valence-corrected chi connectivity index (χ3v) is 0.715. The van der Waals surface area contributed by atoms with Gasteiger partial charge in [0.15, 0.2) is 0 Å². The Labute approximate surface area is 45.8 Å². The fraction of sp³-hybridized carbons (Fsp3) is 0. The summed E-state index contributed by atoms with van der Waals surface area (Å²) in [5.41, 5.74) is 0.336. The Kier molecular flexibility index (Phi) is 0.935. The third-order valence-electron chi connectivity index (χ3n) is 0.715. The molecule has 0 fully saturated rings. The summed E-state index contributed by atoms with van der Waals surface area (Å²) in [6, 6.07) is 3.04. The summed E-state index contributed by atoms with van der Waals surface area (Å²) < 4.78 is 4.39. The number of nitriles is 1. The molecule has 3 nitrogen and oxygen atoms in total. The third kappa shape index (κ3) is 0.636. The van der Waals surface area contributed by atoms with Crippen molar-refractivity contribution in [3.05, 3.63) is 17.9 Å². The molecule has 1 rings (SSSR count). The summed E-state index contributed by atoms with van der Waals surface area (Å²) in [6.07, 6.45) is 1.19. The van der Waals surface area contributed by atoms with E-state index in [4.69, 9.17) is 10.4 Å². The van der Waals surface area contributed by atoms with Crippen LogP contribution >= 0.6 is 0 Å². The molecule has 40 valence electrons. The SMILES string of the molecule is N#Cc1coc(O)c1. The van der Waals surface area contributed by atoms with Crippen molar-refractivity contribution in [3.63, 3.8) is 0 Å². The van der Waals surface area contributed by atoms with Crippen LogP contribution in [0.15, 0.2) is 16.7 Å². The van der Waals surface area contributed by atoms with Gasteiger partial charge in [-0.25, -0.2) is 0 Å². The van der Waals surface area contributed by atoms with Gasteiger partial charge >= 0.3 is 0 Å². The van der Waals surface area contributed by atoms with E-state index in [0.717, 1.165) is 0 Å². The van der Waals surface area contributed by atoms with E-state index in [9.17, 15) is 0 Å². The lowest BCUT2D eigenvalue weighted by atomic mass is 10.4. The second-order valence-corrected chi connectivity index (χ2v) is 1.29. The molecular weight excluding hydrogens is 106 g/mol. The van der Waals surface area contributed by atoms with Crippen LogP contribution in [0.1, 0.15) is 5.56 Å². The van der Waals surface area contributed by atoms with Crippen molar-refractivity contribution in [2.24, 2.45) is 0 Å². The van der Waals surface area contributed by atoms with Gasteiger partial charge in [0.2, 0.25) is 0 Å². The predicted molar refractivity (Wildman–Crippen MR) is 25.1 cm³/mol. The van der Waals surface area contributed by atoms with Crippen molar-refractivity contribution >= 4 is 0 Å². The van der Waals surface area contributed by atoms with Gasteiger partial charge in [-0.1, -0.05) is 0 Å². The maximum Gasteiger partial charge on any atom is 0.283 e. The lowest BCUT2D eigenvalue weighted by Gasteiger charge is -1.69. The maximum absolute atomic E-state index is 8.47. The van der Waals surface area contributed by atoms with Gasteiger partial charge in [-0.15, -0.1) is 0 Å². The first kappa shape index (κ1) is 4.72. The molecule has 0 saturated carbocycles. The molecule has 0 aliphatic carbocycles. The molecule has 0 aliphatic rings. The zero-order chi connectivity index (χ0) is 5.98. The maximum atomic E-state index is 8.47. The number of aromatic hydroxyl groups is 1. The second-order valence-electron chi connectivity index (χ2n) is 1.29. The van der Waals surface area contributed by atoms with Gasteiger partial charge in [0.05, 0.1) is 5.56 Å². The Morgan fingerprint density at radius 1 is 1.75 bits per heavy atom. The minimum Gasteiger partial charge on any atom is -0.481 e. The highest BCUT2D eigenvalue weighted by Crippen LogP contribution is 2.11. The summed E-state index contributed by atoms with van der Waals surface area (Å²) in [5, 5.41) is 16.6. The van der Waals surface area contributed by atoms with E-state index in [2.05, 4.69) is 4.42 Å². The number of nitrogens with zero attached hydrogens (tertiary/aromatic N) is 1. The molecule has 0 bridgehead atoms. The molecular formula is C5H3NO2. The van der Waals surface area contributed by atoms with E-state index < -0.39 is 0 Å². The highest BCUT2D eigenvalue weighted by Gasteiger charge is 1.94. The van der Waals surface area contributed by atoms with Gasteiger partial charge in [0.25, 0.3) is 5.95 Å². The van der Waals surface area contributed by atoms with Crippen LogP contribution in [-0.4, -0.2) is 5.11 Å².